The zero-order valence-corrected chi connectivity index (χ0v) is 23.2. The molecule has 7 nitrogen and oxygen atoms in total. The predicted molar refractivity (Wildman–Crippen MR) is 153 cm³/mol. The number of nitrogens with zero attached hydrogens (tertiary/aromatic N) is 3. The summed E-state index contributed by atoms with van der Waals surface area (Å²) in [6.07, 6.45) is 3.86. The Morgan fingerprint density at radius 1 is 1.05 bits per heavy atom. The fourth-order valence-corrected chi connectivity index (χ4v) is 5.82. The second-order valence-electron chi connectivity index (χ2n) is 8.25. The average Bonchev–Trinajstić information content (AvgIpc) is 3.70. The van der Waals surface area contributed by atoms with Crippen LogP contribution in [0.2, 0.25) is 10.0 Å². The Hall–Kier alpha value is -3.50. The number of aromatic nitrogens is 3. The summed E-state index contributed by atoms with van der Waals surface area (Å²) in [6, 6.07) is 17.8. The lowest BCUT2D eigenvalue weighted by molar-refractivity contribution is -0.122. The van der Waals surface area contributed by atoms with Crippen LogP contribution >= 0.6 is 45.9 Å². The molecule has 0 aliphatic carbocycles. The summed E-state index contributed by atoms with van der Waals surface area (Å²) in [5, 5.41) is 13.1. The first-order valence-corrected chi connectivity index (χ1v) is 14.0. The van der Waals surface area contributed by atoms with Gasteiger partial charge in [-0.1, -0.05) is 29.3 Å². The van der Waals surface area contributed by atoms with Crippen molar-refractivity contribution >= 4 is 57.7 Å². The van der Waals surface area contributed by atoms with Gasteiger partial charge in [-0.2, -0.15) is 5.10 Å². The van der Waals surface area contributed by atoms with Crippen molar-refractivity contribution in [3.63, 3.8) is 0 Å². The van der Waals surface area contributed by atoms with Gasteiger partial charge in [0.25, 0.3) is 5.91 Å². The number of carbonyl (C=O) groups excluding carboxylic acids is 2. The summed E-state index contributed by atoms with van der Waals surface area (Å²) in [6.45, 7) is 0. The van der Waals surface area contributed by atoms with E-state index in [-0.39, 0.29) is 11.8 Å². The highest BCUT2D eigenvalue weighted by Gasteiger charge is 2.23. The molecule has 2 amide bonds. The molecule has 38 heavy (non-hydrogen) atoms. The molecule has 0 saturated heterocycles. The van der Waals surface area contributed by atoms with Crippen LogP contribution in [-0.2, 0) is 11.2 Å². The second kappa shape index (κ2) is 11.5. The maximum atomic E-state index is 13.2. The molecule has 5 rings (SSSR count). The van der Waals surface area contributed by atoms with E-state index in [1.807, 2.05) is 47.8 Å². The number of nitrogens with one attached hydrogen (secondary N) is 2. The number of benzene rings is 1. The molecule has 0 aliphatic rings. The largest absolute Gasteiger partial charge is 0.357 e. The summed E-state index contributed by atoms with van der Waals surface area (Å²) in [4.78, 5) is 32.2. The van der Waals surface area contributed by atoms with Crippen molar-refractivity contribution in [3.05, 3.63) is 98.2 Å². The smallest absolute Gasteiger partial charge is 0.262 e. The van der Waals surface area contributed by atoms with Gasteiger partial charge < -0.3 is 10.6 Å². The highest BCUT2D eigenvalue weighted by molar-refractivity contribution is 7.17. The first kappa shape index (κ1) is 26.1. The third-order valence-corrected chi connectivity index (χ3v) is 8.49. The van der Waals surface area contributed by atoms with Crippen molar-refractivity contribution in [1.29, 1.82) is 0 Å². The van der Waals surface area contributed by atoms with E-state index >= 15 is 0 Å². The first-order valence-electron chi connectivity index (χ1n) is 11.5. The van der Waals surface area contributed by atoms with E-state index in [1.54, 1.807) is 53.7 Å². The van der Waals surface area contributed by atoms with Gasteiger partial charge in [0.05, 0.1) is 36.9 Å². The van der Waals surface area contributed by atoms with Crippen LogP contribution in [0.1, 0.15) is 14.5 Å². The second-order valence-corrected chi connectivity index (χ2v) is 11.2. The van der Waals surface area contributed by atoms with Crippen LogP contribution in [0, 0.1) is 0 Å². The van der Waals surface area contributed by atoms with E-state index in [9.17, 15) is 9.59 Å². The molecule has 0 aliphatic heterocycles. The van der Waals surface area contributed by atoms with Crippen molar-refractivity contribution in [1.82, 2.24) is 25.4 Å². The number of halogens is 2. The van der Waals surface area contributed by atoms with Gasteiger partial charge in [-0.3, -0.25) is 14.6 Å². The van der Waals surface area contributed by atoms with Gasteiger partial charge in [0, 0.05) is 36.3 Å². The van der Waals surface area contributed by atoms with Gasteiger partial charge in [0.2, 0.25) is 5.91 Å². The molecule has 5 aromatic rings. The lowest BCUT2D eigenvalue weighted by Gasteiger charge is -2.16. The topological polar surface area (TPSA) is 88.9 Å². The van der Waals surface area contributed by atoms with Crippen LogP contribution in [0.3, 0.4) is 0 Å². The zero-order valence-electron chi connectivity index (χ0n) is 20.0. The number of carbonyl (C=O) groups is 2. The lowest BCUT2D eigenvalue weighted by Crippen LogP contribution is -2.46. The van der Waals surface area contributed by atoms with Crippen LogP contribution in [0.25, 0.3) is 27.5 Å². The minimum Gasteiger partial charge on any atom is -0.357 e. The van der Waals surface area contributed by atoms with E-state index in [4.69, 9.17) is 28.3 Å². The molecule has 192 valence electrons. The number of pyridine rings is 1. The van der Waals surface area contributed by atoms with Crippen molar-refractivity contribution in [2.45, 2.75) is 12.5 Å². The summed E-state index contributed by atoms with van der Waals surface area (Å²) in [5.74, 6) is -0.568. The van der Waals surface area contributed by atoms with Gasteiger partial charge in [-0.25, -0.2) is 4.68 Å². The van der Waals surface area contributed by atoms with Gasteiger partial charge in [-0.15, -0.1) is 22.7 Å². The molecule has 1 atom stereocenters. The van der Waals surface area contributed by atoms with Gasteiger partial charge in [0.15, 0.2) is 0 Å². The summed E-state index contributed by atoms with van der Waals surface area (Å²) >= 11 is 15.3. The molecular formula is C27H21Cl2N5O2S2. The van der Waals surface area contributed by atoms with Crippen molar-refractivity contribution in [2.24, 2.45) is 0 Å². The fourth-order valence-electron chi connectivity index (χ4n) is 3.87. The molecule has 0 radical (unpaired) electrons. The molecule has 1 aromatic carbocycles. The Morgan fingerprint density at radius 2 is 1.92 bits per heavy atom. The normalized spacial score (nSPS) is 11.8. The van der Waals surface area contributed by atoms with Gasteiger partial charge >= 0.3 is 0 Å². The van der Waals surface area contributed by atoms with Crippen LogP contribution < -0.4 is 10.6 Å². The van der Waals surface area contributed by atoms with E-state index in [1.165, 1.54) is 11.3 Å². The van der Waals surface area contributed by atoms with Crippen LogP contribution in [0.15, 0.2) is 78.4 Å². The molecule has 0 spiro atoms. The van der Waals surface area contributed by atoms with E-state index in [0.29, 0.717) is 27.0 Å². The maximum Gasteiger partial charge on any atom is 0.262 e. The fraction of sp³-hybridized carbons (Fsp3) is 0.111. The average molecular weight is 583 g/mol. The minimum absolute atomic E-state index is 0.248. The Morgan fingerprint density at radius 3 is 2.63 bits per heavy atom. The molecule has 11 heteroatoms. The van der Waals surface area contributed by atoms with Gasteiger partial charge in [0.1, 0.15) is 6.04 Å². The third-order valence-electron chi connectivity index (χ3n) is 5.75. The van der Waals surface area contributed by atoms with Gasteiger partial charge in [-0.05, 0) is 60.0 Å². The van der Waals surface area contributed by atoms with E-state index < -0.39 is 6.04 Å². The lowest BCUT2D eigenvalue weighted by atomic mass is 10.1. The third kappa shape index (κ3) is 5.66. The van der Waals surface area contributed by atoms with Crippen LogP contribution in [0.5, 0.6) is 0 Å². The molecule has 4 aromatic heterocycles. The number of rotatable bonds is 8. The number of amides is 2. The van der Waals surface area contributed by atoms with Crippen molar-refractivity contribution in [3.8, 4) is 27.5 Å². The monoisotopic (exact) mass is 581 g/mol. The number of hydrogen-bond acceptors (Lipinski definition) is 6. The molecule has 2 N–H and O–H groups in total. The zero-order chi connectivity index (χ0) is 26.6. The summed E-state index contributed by atoms with van der Waals surface area (Å²) in [7, 11) is 1.56. The Bertz CT molecular complexity index is 1580. The minimum atomic E-state index is -0.685. The Labute approximate surface area is 237 Å². The highest BCUT2D eigenvalue weighted by Crippen LogP contribution is 2.34. The molecular weight excluding hydrogens is 561 g/mol. The van der Waals surface area contributed by atoms with E-state index in [0.717, 1.165) is 26.7 Å². The highest BCUT2D eigenvalue weighted by atomic mass is 35.5. The Kier molecular flexibility index (Phi) is 7.90. The summed E-state index contributed by atoms with van der Waals surface area (Å²) < 4.78 is 1.77. The van der Waals surface area contributed by atoms with Crippen molar-refractivity contribution < 1.29 is 9.59 Å². The van der Waals surface area contributed by atoms with Crippen molar-refractivity contribution in [2.75, 3.05) is 7.05 Å². The number of hydrogen-bond donors (Lipinski definition) is 2. The Balaban J connectivity index is 1.47. The molecule has 0 fully saturated rings. The van der Waals surface area contributed by atoms with E-state index in [2.05, 4.69) is 15.6 Å². The SMILES string of the molecule is CNC(=O)[C@H](Cc1cccs1)NC(=O)c1ccc(-c2cc(-c3cccnc3)nn2-c2ccc(Cl)c(Cl)c2)s1. The predicted octanol–water partition coefficient (Wildman–Crippen LogP) is 6.12. The molecule has 0 unspecified atom stereocenters. The molecule has 0 saturated carbocycles. The molecule has 4 heterocycles. The number of thiophene rings is 2. The molecule has 0 bridgehead atoms. The maximum absolute atomic E-state index is 13.2. The van der Waals surface area contributed by atoms with Crippen LogP contribution in [0.4, 0.5) is 0 Å². The standard InChI is InChI=1S/C27H21Cl2N5O2S2/c1-30-26(35)22(13-18-5-3-11-37-18)32-27(36)25-9-8-24(38-25)23-14-21(16-4-2-10-31-15-16)33-34(23)17-6-7-19(28)20(29)12-17/h2-12,14-15,22H,13H2,1H3,(H,30,35)(H,32,36)/t22-/m0/s1. The first-order chi connectivity index (χ1) is 18.4. The quantitative estimate of drug-likeness (QED) is 0.231. The summed E-state index contributed by atoms with van der Waals surface area (Å²) in [5.41, 5.74) is 3.06. The van der Waals surface area contributed by atoms with Crippen LogP contribution in [-0.4, -0.2) is 39.7 Å². The number of likely N-dealkylation sites (N-methyl/N-ethyl adjacent to an activating group) is 1.